The lowest BCUT2D eigenvalue weighted by atomic mass is 9.57. The van der Waals surface area contributed by atoms with Gasteiger partial charge in [0.25, 0.3) is 0 Å². The molecule has 2 aromatic rings. The maximum absolute atomic E-state index is 14.8. The van der Waals surface area contributed by atoms with Crippen LogP contribution < -0.4 is 10.1 Å². The summed E-state index contributed by atoms with van der Waals surface area (Å²) in [5.41, 5.74) is 1.29. The number of carbonyl (C=O) groups excluding carboxylic acids is 1. The molecule has 1 saturated carbocycles. The van der Waals surface area contributed by atoms with Crippen LogP contribution in [0.2, 0.25) is 0 Å². The summed E-state index contributed by atoms with van der Waals surface area (Å²) in [4.78, 5) is 17.1. The molecule has 2 aliphatic heterocycles. The van der Waals surface area contributed by atoms with Crippen molar-refractivity contribution in [1.82, 2.24) is 15.1 Å². The van der Waals surface area contributed by atoms with Crippen LogP contribution in [0, 0.1) is 29.0 Å². The second-order valence-electron chi connectivity index (χ2n) is 12.1. The van der Waals surface area contributed by atoms with E-state index in [2.05, 4.69) is 27.3 Å². The maximum Gasteiger partial charge on any atom is 0.407 e. The van der Waals surface area contributed by atoms with Crippen LogP contribution in [0.4, 0.5) is 9.18 Å². The Morgan fingerprint density at radius 3 is 2.50 bits per heavy atom. The van der Waals surface area contributed by atoms with E-state index in [1.807, 2.05) is 6.07 Å². The number of amides is 1. The van der Waals surface area contributed by atoms with E-state index in [1.165, 1.54) is 19.6 Å². The van der Waals surface area contributed by atoms with Crippen LogP contribution in [0.3, 0.4) is 0 Å². The van der Waals surface area contributed by atoms with Gasteiger partial charge in [0, 0.05) is 24.5 Å². The van der Waals surface area contributed by atoms with Crippen LogP contribution in [0.25, 0.3) is 0 Å². The minimum atomic E-state index is -0.644. The summed E-state index contributed by atoms with van der Waals surface area (Å²) in [7, 11) is 1.40. The molecular formula is C33H43FN4O4. The molecule has 2 unspecified atom stereocenters. The third-order valence-electron chi connectivity index (χ3n) is 9.67. The highest BCUT2D eigenvalue weighted by atomic mass is 19.1. The summed E-state index contributed by atoms with van der Waals surface area (Å²) >= 11 is 0. The summed E-state index contributed by atoms with van der Waals surface area (Å²) in [5, 5.41) is 22.9. The molecule has 0 bridgehead atoms. The first-order valence-corrected chi connectivity index (χ1v) is 15.3. The molecule has 9 heteroatoms. The minimum absolute atomic E-state index is 0.0266. The second-order valence-corrected chi connectivity index (χ2v) is 12.1. The lowest BCUT2D eigenvalue weighted by molar-refractivity contribution is 0.0108. The first kappa shape index (κ1) is 30.3. The smallest absolute Gasteiger partial charge is 0.407 e. The lowest BCUT2D eigenvalue weighted by Gasteiger charge is -2.53. The number of β-amino-alcohol motifs (C(OH)–C–C–N with tert-alkyl or cyclic N) is 1. The van der Waals surface area contributed by atoms with E-state index in [-0.39, 0.29) is 29.8 Å². The molecule has 0 radical (unpaired) electrons. The van der Waals surface area contributed by atoms with Crippen molar-refractivity contribution < 1.29 is 23.8 Å². The van der Waals surface area contributed by atoms with Crippen LogP contribution in [-0.4, -0.2) is 86.1 Å². The highest BCUT2D eigenvalue weighted by Crippen LogP contribution is 2.51. The number of alkyl carbamates (subject to hydrolysis) is 1. The molecule has 1 aliphatic carbocycles. The molecule has 4 atom stereocenters. The minimum Gasteiger partial charge on any atom is -0.491 e. The number of hydrogen-bond acceptors (Lipinski definition) is 7. The number of nitriles is 1. The average Bonchev–Trinajstić information content (AvgIpc) is 3.45. The van der Waals surface area contributed by atoms with Gasteiger partial charge in [-0.3, -0.25) is 0 Å². The number of rotatable bonds is 11. The molecule has 2 saturated heterocycles. The summed E-state index contributed by atoms with van der Waals surface area (Å²) in [6.45, 7) is 5.29. The number of nitrogens with one attached hydrogen (secondary N) is 1. The van der Waals surface area contributed by atoms with Gasteiger partial charge in [0.1, 0.15) is 24.3 Å². The third kappa shape index (κ3) is 6.88. The number of ether oxygens (including phenoxy) is 2. The van der Waals surface area contributed by atoms with Gasteiger partial charge in [0.05, 0.1) is 18.7 Å². The van der Waals surface area contributed by atoms with E-state index in [0.29, 0.717) is 23.8 Å². The first-order chi connectivity index (χ1) is 20.4. The van der Waals surface area contributed by atoms with Crippen molar-refractivity contribution in [3.8, 4) is 11.8 Å². The molecule has 5 rings (SSSR count). The van der Waals surface area contributed by atoms with Gasteiger partial charge in [-0.25, -0.2) is 9.18 Å². The molecule has 3 fully saturated rings. The van der Waals surface area contributed by atoms with Gasteiger partial charge in [-0.1, -0.05) is 18.6 Å². The molecule has 1 amide bonds. The number of halogens is 1. The molecule has 2 heterocycles. The fraction of sp³-hybridized carbons (Fsp3) is 0.576. The van der Waals surface area contributed by atoms with E-state index < -0.39 is 12.2 Å². The zero-order chi connectivity index (χ0) is 29.5. The molecule has 3 aliphatic rings. The highest BCUT2D eigenvalue weighted by Gasteiger charge is 2.53. The first-order valence-electron chi connectivity index (χ1n) is 15.3. The SMILES string of the molecule is COC(=O)N[C@H]1CCC[C@@H]1C(CN1CCC1)(c1cccc(F)c1)C1CCN(CC(O)COc2ccc(C#N)cc2)CC1. The normalized spacial score (nSPS) is 23.8. The lowest BCUT2D eigenvalue weighted by Crippen LogP contribution is -2.59. The van der Waals surface area contributed by atoms with Gasteiger partial charge in [0.15, 0.2) is 0 Å². The zero-order valence-corrected chi connectivity index (χ0v) is 24.5. The monoisotopic (exact) mass is 578 g/mol. The number of nitrogens with zero attached hydrogens (tertiary/aromatic N) is 3. The van der Waals surface area contributed by atoms with E-state index in [1.54, 1.807) is 30.3 Å². The Morgan fingerprint density at radius 1 is 1.10 bits per heavy atom. The maximum atomic E-state index is 14.8. The van der Waals surface area contributed by atoms with Gasteiger partial charge in [-0.15, -0.1) is 0 Å². The van der Waals surface area contributed by atoms with Crippen molar-refractivity contribution in [3.05, 3.63) is 65.5 Å². The van der Waals surface area contributed by atoms with E-state index >= 15 is 0 Å². The summed E-state index contributed by atoms with van der Waals surface area (Å²) in [6.07, 6.45) is 4.86. The topological polar surface area (TPSA) is 98.1 Å². The molecule has 226 valence electrons. The summed E-state index contributed by atoms with van der Waals surface area (Å²) < 4.78 is 25.6. The van der Waals surface area contributed by atoms with Gasteiger partial charge in [-0.2, -0.15) is 5.26 Å². The molecule has 2 N–H and O–H groups in total. The Labute approximate surface area is 248 Å². The van der Waals surface area contributed by atoms with Crippen LogP contribution in [-0.2, 0) is 10.2 Å². The fourth-order valence-electron chi connectivity index (χ4n) is 7.54. The number of hydrogen-bond donors (Lipinski definition) is 2. The molecular weight excluding hydrogens is 535 g/mol. The van der Waals surface area contributed by atoms with Crippen molar-refractivity contribution in [3.63, 3.8) is 0 Å². The molecule has 0 spiro atoms. The Hall–Kier alpha value is -3.19. The quantitative estimate of drug-likeness (QED) is 0.410. The Balaban J connectivity index is 1.31. The van der Waals surface area contributed by atoms with Crippen molar-refractivity contribution in [2.75, 3.05) is 53.0 Å². The number of carbonyl (C=O) groups is 1. The number of benzene rings is 2. The average molecular weight is 579 g/mol. The number of aliphatic hydroxyl groups excluding tert-OH is 1. The largest absolute Gasteiger partial charge is 0.491 e. The molecule has 8 nitrogen and oxygen atoms in total. The van der Waals surface area contributed by atoms with Crippen LogP contribution in [0.5, 0.6) is 5.75 Å². The summed E-state index contributed by atoms with van der Waals surface area (Å²) in [5.74, 6) is 0.873. The second kappa shape index (κ2) is 13.9. The predicted octanol–water partition coefficient (Wildman–Crippen LogP) is 4.32. The van der Waals surface area contributed by atoms with E-state index in [9.17, 15) is 14.3 Å². The van der Waals surface area contributed by atoms with Gasteiger partial charge < -0.3 is 29.7 Å². The predicted molar refractivity (Wildman–Crippen MR) is 158 cm³/mol. The van der Waals surface area contributed by atoms with Gasteiger partial charge in [-0.05, 0) is 112 Å². The van der Waals surface area contributed by atoms with E-state index in [0.717, 1.165) is 70.4 Å². The molecule has 0 aromatic heterocycles. The number of aliphatic hydroxyl groups is 1. The molecule has 42 heavy (non-hydrogen) atoms. The van der Waals surface area contributed by atoms with Crippen molar-refractivity contribution in [1.29, 1.82) is 5.26 Å². The van der Waals surface area contributed by atoms with E-state index in [4.69, 9.17) is 14.7 Å². The van der Waals surface area contributed by atoms with Crippen molar-refractivity contribution in [2.24, 2.45) is 11.8 Å². The standard InChI is InChI=1S/C33H43FN4O4/c1-41-32(40)36-31-8-3-7-30(31)33(23-38-15-4-16-38,26-5-2-6-27(34)19-26)25-13-17-37(18-14-25)21-28(39)22-42-29-11-9-24(20-35)10-12-29/h2,5-6,9-12,19,25,28,30-31,39H,3-4,7-8,13-18,21-23H2,1H3,(H,36,40)/t28?,30-,31-,33?/m0/s1. The highest BCUT2D eigenvalue weighted by molar-refractivity contribution is 5.67. The Kier molecular flexibility index (Phi) is 9.99. The Morgan fingerprint density at radius 2 is 1.86 bits per heavy atom. The van der Waals surface area contributed by atoms with Gasteiger partial charge in [0.2, 0.25) is 0 Å². The van der Waals surface area contributed by atoms with Crippen LogP contribution >= 0.6 is 0 Å². The van der Waals surface area contributed by atoms with Crippen molar-refractivity contribution >= 4 is 6.09 Å². The number of methoxy groups -OCH3 is 1. The number of likely N-dealkylation sites (tertiary alicyclic amines) is 2. The Bertz CT molecular complexity index is 1230. The third-order valence-corrected chi connectivity index (χ3v) is 9.67. The number of piperidine rings is 1. The van der Waals surface area contributed by atoms with Crippen LogP contribution in [0.1, 0.15) is 49.7 Å². The zero-order valence-electron chi connectivity index (χ0n) is 24.5. The van der Waals surface area contributed by atoms with Crippen LogP contribution in [0.15, 0.2) is 48.5 Å². The molecule has 2 aromatic carbocycles. The fourth-order valence-corrected chi connectivity index (χ4v) is 7.54. The van der Waals surface area contributed by atoms with Crippen molar-refractivity contribution in [2.45, 2.75) is 56.1 Å². The summed E-state index contributed by atoms with van der Waals surface area (Å²) in [6, 6.07) is 16.1. The van der Waals surface area contributed by atoms with Gasteiger partial charge >= 0.3 is 6.09 Å².